The van der Waals surface area contributed by atoms with Crippen LogP contribution >= 0.6 is 0 Å². The molecular weight excluding hydrogens is 278 g/mol. The van der Waals surface area contributed by atoms with Gasteiger partial charge in [0.05, 0.1) is 0 Å². The van der Waals surface area contributed by atoms with Gasteiger partial charge in [0, 0.05) is 0 Å². The molecule has 0 bridgehead atoms. The van der Waals surface area contributed by atoms with Gasteiger partial charge < -0.3 is 0 Å². The van der Waals surface area contributed by atoms with Crippen molar-refractivity contribution in [3.63, 3.8) is 0 Å². The van der Waals surface area contributed by atoms with Crippen LogP contribution in [0.15, 0.2) is 16.8 Å². The van der Waals surface area contributed by atoms with Crippen LogP contribution in [0.3, 0.4) is 0 Å². The average Bonchev–Trinajstić information content (AvgIpc) is 2.41. The van der Waals surface area contributed by atoms with Gasteiger partial charge in [0.2, 0.25) is 0 Å². The first-order valence-corrected chi connectivity index (χ1v) is 12.2. The predicted octanol–water partition coefficient (Wildman–Crippen LogP) is 4.50. The second-order valence-electron chi connectivity index (χ2n) is 4.56. The Morgan fingerprint density at radius 1 is 1.00 bits per heavy atom. The molecule has 0 saturated carbocycles. The van der Waals surface area contributed by atoms with E-state index in [-0.39, 0.29) is 0 Å². The molecule has 104 valence electrons. The predicted molar refractivity (Wildman–Crippen MR) is 85.7 cm³/mol. The molecule has 0 aromatic carbocycles. The topological polar surface area (TPSA) is 15.6 Å². The zero-order valence-electron chi connectivity index (χ0n) is 13.3. The maximum atomic E-state index is 4.59. The minimum absolute atomic E-state index is 0.898. The Morgan fingerprint density at radius 3 is 1.94 bits per heavy atom. The molecule has 0 atom stereocenters. The van der Waals surface area contributed by atoms with Crippen LogP contribution in [0.1, 0.15) is 54.4 Å². The minimum atomic E-state index is -1.26. The second kappa shape index (κ2) is 10.7. The monoisotopic (exact) mass is 308 g/mol. The van der Waals surface area contributed by atoms with Crippen molar-refractivity contribution in [2.75, 3.05) is 13.1 Å². The molecule has 2 nitrogen and oxygen atoms in total. The molecule has 0 aromatic rings. The first kappa shape index (κ1) is 17.8. The van der Waals surface area contributed by atoms with Gasteiger partial charge >= 0.3 is 120 Å². The standard InChI is InChI=1S/C11H21N2.2C2H5.Ga/c1-5-10(12-7-3)9-11(6-2)13-8-4;2*1-2;/h9H,5-8H2,1-4H3;2*1H2,2H3;/q-1;;;+1/b10-9-,13-11?;;;. The summed E-state index contributed by atoms with van der Waals surface area (Å²) in [6, 6.07) is 0. The van der Waals surface area contributed by atoms with E-state index in [0.717, 1.165) is 19.4 Å². The number of rotatable bonds is 9. The first-order valence-electron chi connectivity index (χ1n) is 7.68. The van der Waals surface area contributed by atoms with E-state index in [2.05, 4.69) is 56.2 Å². The number of nitrogens with zero attached hydrogens (tertiary/aromatic N) is 2. The molecule has 0 fully saturated rings. The summed E-state index contributed by atoms with van der Waals surface area (Å²) in [4.78, 5) is 7.40. The Balaban J connectivity index is 5.12. The molecule has 0 amide bonds. The zero-order valence-corrected chi connectivity index (χ0v) is 15.7. The summed E-state index contributed by atoms with van der Waals surface area (Å²) < 4.78 is 2.74. The van der Waals surface area contributed by atoms with Crippen molar-refractivity contribution >= 4 is 22.2 Å². The van der Waals surface area contributed by atoms with Crippen LogP contribution in [0.25, 0.3) is 0 Å². The molecule has 0 spiro atoms. The SMILES string of the molecule is CCN=C(/C=C(/CC)[N](CC)[Ga]([CH2]C)[CH2]C)CC. The maximum absolute atomic E-state index is 4.59. The van der Waals surface area contributed by atoms with Crippen LogP contribution in [0, 0.1) is 0 Å². The van der Waals surface area contributed by atoms with Gasteiger partial charge in [-0.05, 0) is 0 Å². The first-order chi connectivity index (χ1) is 8.68. The van der Waals surface area contributed by atoms with Crippen molar-refractivity contribution in [2.45, 2.75) is 64.3 Å². The van der Waals surface area contributed by atoms with Gasteiger partial charge in [0.25, 0.3) is 0 Å². The Bertz CT molecular complexity index is 268. The van der Waals surface area contributed by atoms with Crippen LogP contribution < -0.4 is 0 Å². The second-order valence-corrected chi connectivity index (χ2v) is 12.0. The summed E-state index contributed by atoms with van der Waals surface area (Å²) in [5.74, 6) is 0. The van der Waals surface area contributed by atoms with Crippen molar-refractivity contribution in [3.05, 3.63) is 11.8 Å². The third-order valence-electron chi connectivity index (χ3n) is 3.51. The molecule has 0 aliphatic rings. The van der Waals surface area contributed by atoms with Crippen molar-refractivity contribution < 1.29 is 0 Å². The molecule has 0 N–H and O–H groups in total. The number of hydrogen-bond acceptors (Lipinski definition) is 2. The van der Waals surface area contributed by atoms with Crippen LogP contribution in [0.2, 0.25) is 9.95 Å². The molecule has 0 aliphatic carbocycles. The fourth-order valence-electron chi connectivity index (χ4n) is 2.47. The van der Waals surface area contributed by atoms with E-state index in [1.54, 1.807) is 0 Å². The van der Waals surface area contributed by atoms with E-state index in [1.807, 2.05) is 0 Å². The van der Waals surface area contributed by atoms with Crippen molar-refractivity contribution in [1.82, 2.24) is 3.61 Å². The molecule has 0 saturated heterocycles. The molecule has 0 aromatic heterocycles. The van der Waals surface area contributed by atoms with E-state index in [9.17, 15) is 0 Å². The fraction of sp³-hybridized carbons (Fsp3) is 0.800. The zero-order chi connectivity index (χ0) is 14.0. The van der Waals surface area contributed by atoms with Crippen LogP contribution in [-0.2, 0) is 0 Å². The van der Waals surface area contributed by atoms with Crippen LogP contribution in [0.5, 0.6) is 0 Å². The van der Waals surface area contributed by atoms with Gasteiger partial charge in [-0.3, -0.25) is 0 Å². The number of allylic oxidation sites excluding steroid dienone is 2. The third kappa shape index (κ3) is 5.66. The Morgan fingerprint density at radius 2 is 1.61 bits per heavy atom. The summed E-state index contributed by atoms with van der Waals surface area (Å²) in [7, 11) is 0. The molecule has 18 heavy (non-hydrogen) atoms. The van der Waals surface area contributed by atoms with Crippen LogP contribution in [-0.4, -0.2) is 38.9 Å². The molecule has 0 heterocycles. The van der Waals surface area contributed by atoms with E-state index < -0.39 is 16.5 Å². The van der Waals surface area contributed by atoms with Crippen molar-refractivity contribution in [2.24, 2.45) is 4.99 Å². The van der Waals surface area contributed by atoms with E-state index in [4.69, 9.17) is 0 Å². The average molecular weight is 309 g/mol. The Labute approximate surface area is 120 Å². The van der Waals surface area contributed by atoms with E-state index in [0.29, 0.717) is 0 Å². The Kier molecular flexibility index (Phi) is 10.6. The quantitative estimate of drug-likeness (QED) is 0.452. The normalized spacial score (nSPS) is 12.8. The summed E-state index contributed by atoms with van der Waals surface area (Å²) in [6.45, 7) is 15.7. The molecule has 0 rings (SSSR count). The summed E-state index contributed by atoms with van der Waals surface area (Å²) in [5.41, 5.74) is 2.79. The Hall–Kier alpha value is -0.154. The number of hydrogen-bond donors (Lipinski definition) is 0. The van der Waals surface area contributed by atoms with Crippen LogP contribution in [0.4, 0.5) is 0 Å². The van der Waals surface area contributed by atoms with Gasteiger partial charge in [0.15, 0.2) is 0 Å². The molecular formula is C15H31GaN2. The summed E-state index contributed by atoms with van der Waals surface area (Å²) in [6.07, 6.45) is 4.54. The van der Waals surface area contributed by atoms with Crippen molar-refractivity contribution in [3.8, 4) is 0 Å². The van der Waals surface area contributed by atoms with Crippen molar-refractivity contribution in [1.29, 1.82) is 0 Å². The summed E-state index contributed by atoms with van der Waals surface area (Å²) >= 11 is -1.26. The number of aliphatic imine (C=N–C) groups is 1. The van der Waals surface area contributed by atoms with Gasteiger partial charge in [-0.1, -0.05) is 0 Å². The summed E-state index contributed by atoms with van der Waals surface area (Å²) in [5, 5.41) is 0. The van der Waals surface area contributed by atoms with Gasteiger partial charge in [-0.2, -0.15) is 0 Å². The third-order valence-corrected chi connectivity index (χ3v) is 10.8. The van der Waals surface area contributed by atoms with Gasteiger partial charge in [-0.15, -0.1) is 0 Å². The van der Waals surface area contributed by atoms with E-state index in [1.165, 1.54) is 27.9 Å². The molecule has 0 aliphatic heterocycles. The molecule has 0 unspecified atom stereocenters. The van der Waals surface area contributed by atoms with Gasteiger partial charge in [0.1, 0.15) is 0 Å². The van der Waals surface area contributed by atoms with E-state index >= 15 is 0 Å². The molecule has 0 radical (unpaired) electrons. The fourth-order valence-corrected chi connectivity index (χ4v) is 8.14. The van der Waals surface area contributed by atoms with Gasteiger partial charge in [-0.25, -0.2) is 0 Å². The molecule has 3 heteroatoms.